The Hall–Kier alpha value is -3.95. The van der Waals surface area contributed by atoms with Crippen molar-refractivity contribution in [1.29, 1.82) is 5.26 Å². The second-order valence-electron chi connectivity index (χ2n) is 9.43. The summed E-state index contributed by atoms with van der Waals surface area (Å²) < 4.78 is 48.9. The molecular formula is C27H28ClF3N8O. The lowest BCUT2D eigenvalue weighted by molar-refractivity contribution is -0.138. The summed E-state index contributed by atoms with van der Waals surface area (Å²) in [4.78, 5) is 13.3. The molecule has 0 atom stereocenters. The zero-order valence-corrected chi connectivity index (χ0v) is 22.8. The third-order valence-electron chi connectivity index (χ3n) is 6.73. The molecule has 1 aliphatic rings. The van der Waals surface area contributed by atoms with Crippen LogP contribution >= 0.6 is 12.4 Å². The highest BCUT2D eigenvalue weighted by atomic mass is 35.5. The van der Waals surface area contributed by atoms with E-state index in [0.29, 0.717) is 17.5 Å². The number of halogens is 4. The van der Waals surface area contributed by atoms with Crippen molar-refractivity contribution in [3.63, 3.8) is 0 Å². The number of hydrogen-bond donors (Lipinski definition) is 0. The molecule has 5 rings (SSSR count). The fourth-order valence-corrected chi connectivity index (χ4v) is 4.67. The average Bonchev–Trinajstić information content (AvgIpc) is 3.31. The fourth-order valence-electron chi connectivity index (χ4n) is 4.67. The van der Waals surface area contributed by atoms with E-state index in [4.69, 9.17) is 4.74 Å². The quantitative estimate of drug-likeness (QED) is 0.296. The summed E-state index contributed by atoms with van der Waals surface area (Å²) >= 11 is 0. The van der Waals surface area contributed by atoms with Crippen molar-refractivity contribution in [1.82, 2.24) is 29.9 Å². The van der Waals surface area contributed by atoms with Crippen LogP contribution in [0.5, 0.6) is 5.75 Å². The van der Waals surface area contributed by atoms with Gasteiger partial charge in [-0.05, 0) is 49.7 Å². The topological polar surface area (TPSA) is 96.0 Å². The van der Waals surface area contributed by atoms with Crippen LogP contribution in [0.4, 0.5) is 19.0 Å². The lowest BCUT2D eigenvalue weighted by Crippen LogP contribution is -2.47. The summed E-state index contributed by atoms with van der Waals surface area (Å²) in [6, 6.07) is 13.3. The molecule has 1 aliphatic heterocycles. The van der Waals surface area contributed by atoms with Gasteiger partial charge >= 0.3 is 6.18 Å². The van der Waals surface area contributed by atoms with Crippen molar-refractivity contribution >= 4 is 29.3 Å². The van der Waals surface area contributed by atoms with Crippen LogP contribution in [0.15, 0.2) is 42.5 Å². The third-order valence-corrected chi connectivity index (χ3v) is 6.73. The van der Waals surface area contributed by atoms with Crippen LogP contribution in [-0.4, -0.2) is 69.2 Å². The number of fused-ring (bicyclic) bond motifs is 1. The summed E-state index contributed by atoms with van der Waals surface area (Å²) in [7, 11) is 1.64. The number of piperazine rings is 1. The number of alkyl halides is 3. The highest BCUT2D eigenvalue weighted by molar-refractivity contribution is 5.85. The number of ether oxygens (including phenoxy) is 1. The summed E-state index contributed by atoms with van der Waals surface area (Å²) in [5.74, 6) is 0.738. The molecule has 210 valence electrons. The molecule has 4 heterocycles. The van der Waals surface area contributed by atoms with Crippen molar-refractivity contribution in [3.8, 4) is 23.1 Å². The van der Waals surface area contributed by atoms with Crippen molar-refractivity contribution in [3.05, 3.63) is 59.4 Å². The molecule has 0 bridgehead atoms. The largest absolute Gasteiger partial charge is 0.493 e. The molecule has 0 saturated carbocycles. The summed E-state index contributed by atoms with van der Waals surface area (Å²) in [6.45, 7) is 6.26. The minimum Gasteiger partial charge on any atom is -0.493 e. The van der Waals surface area contributed by atoms with Crippen molar-refractivity contribution in [2.24, 2.45) is 7.05 Å². The van der Waals surface area contributed by atoms with Crippen molar-refractivity contribution < 1.29 is 17.9 Å². The maximum absolute atomic E-state index is 14.0. The van der Waals surface area contributed by atoms with E-state index in [0.717, 1.165) is 50.3 Å². The average molecular weight is 573 g/mol. The van der Waals surface area contributed by atoms with Crippen molar-refractivity contribution in [2.75, 3.05) is 44.2 Å². The highest BCUT2D eigenvalue weighted by Crippen LogP contribution is 2.39. The van der Waals surface area contributed by atoms with Gasteiger partial charge in [0.15, 0.2) is 5.69 Å². The first-order valence-corrected chi connectivity index (χ1v) is 12.6. The second kappa shape index (κ2) is 12.1. The number of rotatable bonds is 7. The molecule has 13 heteroatoms. The van der Waals surface area contributed by atoms with Gasteiger partial charge in [-0.25, -0.2) is 14.6 Å². The third kappa shape index (κ3) is 6.26. The van der Waals surface area contributed by atoms with Crippen LogP contribution in [0, 0.1) is 18.3 Å². The van der Waals surface area contributed by atoms with Crippen LogP contribution in [0.3, 0.4) is 0 Å². The molecule has 40 heavy (non-hydrogen) atoms. The first kappa shape index (κ1) is 29.0. The number of benzene rings is 1. The van der Waals surface area contributed by atoms with Gasteiger partial charge < -0.3 is 9.64 Å². The number of aromatic nitrogens is 5. The summed E-state index contributed by atoms with van der Waals surface area (Å²) in [5, 5.41) is 17.2. The number of aryl methyl sites for hydroxylation is 2. The standard InChI is InChI=1S/C27H27F3N8O.ClH/c1-18-5-3-6-25(32-18)38-12-10-37(11-13-38)9-4-14-39-24-8-7-19(15-20(24)27(28,29)30)21-16-23-26(22(17-31)33-21)34-35-36(23)2;/h3,5-8,15-16H,4,9-14H2,1-2H3;1H. The fraction of sp³-hybridized carbons (Fsp3) is 0.370. The summed E-state index contributed by atoms with van der Waals surface area (Å²) in [6.07, 6.45) is -4.03. The Labute approximate surface area is 235 Å². The van der Waals surface area contributed by atoms with Crippen LogP contribution in [0.1, 0.15) is 23.4 Å². The van der Waals surface area contributed by atoms with E-state index < -0.39 is 11.7 Å². The van der Waals surface area contributed by atoms with Crippen LogP contribution in [-0.2, 0) is 13.2 Å². The summed E-state index contributed by atoms with van der Waals surface area (Å²) in [5.41, 5.74) is 1.34. The molecule has 3 aromatic heterocycles. The molecule has 0 radical (unpaired) electrons. The molecule has 1 fully saturated rings. The van der Waals surface area contributed by atoms with Gasteiger partial charge in [-0.15, -0.1) is 17.5 Å². The Bertz CT molecular complexity index is 1530. The first-order chi connectivity index (χ1) is 18.7. The molecule has 1 aromatic carbocycles. The Morgan fingerprint density at radius 3 is 2.52 bits per heavy atom. The molecule has 0 amide bonds. The molecule has 0 N–H and O–H groups in total. The van der Waals surface area contributed by atoms with E-state index in [1.54, 1.807) is 13.1 Å². The smallest absolute Gasteiger partial charge is 0.419 e. The van der Waals surface area contributed by atoms with Gasteiger partial charge in [-0.2, -0.15) is 18.4 Å². The number of nitriles is 1. The maximum atomic E-state index is 14.0. The first-order valence-electron chi connectivity index (χ1n) is 12.6. The molecule has 9 nitrogen and oxygen atoms in total. The number of pyridine rings is 2. The van der Waals surface area contributed by atoms with Crippen LogP contribution in [0.25, 0.3) is 22.3 Å². The SMILES string of the molecule is Cc1cccc(N2CCN(CCCOc3ccc(-c4cc5c(nnn5C)c(C#N)n4)cc3C(F)(F)F)CC2)n1.Cl. The Morgan fingerprint density at radius 2 is 1.82 bits per heavy atom. The van der Waals surface area contributed by atoms with Gasteiger partial charge in [0.1, 0.15) is 23.2 Å². The Morgan fingerprint density at radius 1 is 1.05 bits per heavy atom. The lowest BCUT2D eigenvalue weighted by atomic mass is 10.1. The van der Waals surface area contributed by atoms with Crippen LogP contribution in [0.2, 0.25) is 0 Å². The van der Waals surface area contributed by atoms with Gasteiger partial charge in [0.2, 0.25) is 0 Å². The van der Waals surface area contributed by atoms with Crippen molar-refractivity contribution in [2.45, 2.75) is 19.5 Å². The molecule has 1 saturated heterocycles. The van der Waals surface area contributed by atoms with Gasteiger partial charge in [0, 0.05) is 51.0 Å². The van der Waals surface area contributed by atoms with E-state index in [1.165, 1.54) is 16.8 Å². The van der Waals surface area contributed by atoms with E-state index in [-0.39, 0.29) is 41.7 Å². The highest BCUT2D eigenvalue weighted by Gasteiger charge is 2.35. The van der Waals surface area contributed by atoms with Gasteiger partial charge in [-0.1, -0.05) is 11.3 Å². The predicted molar refractivity (Wildman–Crippen MR) is 146 cm³/mol. The van der Waals surface area contributed by atoms with E-state index in [1.807, 2.05) is 31.2 Å². The maximum Gasteiger partial charge on any atom is 0.419 e. The minimum atomic E-state index is -4.62. The molecule has 0 aliphatic carbocycles. The molecule has 0 unspecified atom stereocenters. The Kier molecular flexibility index (Phi) is 8.76. The monoisotopic (exact) mass is 572 g/mol. The Balaban J connectivity index is 0.00000370. The second-order valence-corrected chi connectivity index (χ2v) is 9.43. The number of anilines is 1. The zero-order valence-electron chi connectivity index (χ0n) is 22.0. The number of hydrogen-bond acceptors (Lipinski definition) is 8. The van der Waals surface area contributed by atoms with Crippen LogP contribution < -0.4 is 9.64 Å². The lowest BCUT2D eigenvalue weighted by Gasteiger charge is -2.35. The van der Waals surface area contributed by atoms with Gasteiger partial charge in [0.25, 0.3) is 0 Å². The predicted octanol–water partition coefficient (Wildman–Crippen LogP) is 4.64. The molecular weight excluding hydrogens is 545 g/mol. The zero-order chi connectivity index (χ0) is 27.6. The van der Waals surface area contributed by atoms with E-state index in [9.17, 15) is 18.4 Å². The van der Waals surface area contributed by atoms with E-state index in [2.05, 4.69) is 30.1 Å². The molecule has 0 spiro atoms. The number of nitrogens with zero attached hydrogens (tertiary/aromatic N) is 8. The van der Waals surface area contributed by atoms with Gasteiger partial charge in [0.05, 0.1) is 23.4 Å². The normalized spacial score (nSPS) is 14.2. The van der Waals surface area contributed by atoms with Gasteiger partial charge in [-0.3, -0.25) is 4.90 Å². The minimum absolute atomic E-state index is 0. The van der Waals surface area contributed by atoms with E-state index >= 15 is 0 Å². The molecule has 4 aromatic rings.